The molecule has 132 valence electrons. The normalized spacial score (nSPS) is 26.5. The van der Waals surface area contributed by atoms with Gasteiger partial charge in [0.1, 0.15) is 11.6 Å². The highest BCUT2D eigenvalue weighted by molar-refractivity contribution is 5.80. The molecule has 6 heteroatoms. The Bertz CT molecular complexity index is 582. The first-order valence-corrected chi connectivity index (χ1v) is 8.64. The summed E-state index contributed by atoms with van der Waals surface area (Å²) in [6, 6.07) is 4.08. The third-order valence-corrected chi connectivity index (χ3v) is 4.70. The van der Waals surface area contributed by atoms with Crippen molar-refractivity contribution in [3.63, 3.8) is 0 Å². The lowest BCUT2D eigenvalue weighted by Gasteiger charge is -2.25. The molecular weight excluding hydrogens is 312 g/mol. The number of ether oxygens (including phenoxy) is 1. The Hall–Kier alpha value is -1.69. The van der Waals surface area contributed by atoms with Gasteiger partial charge in [0.2, 0.25) is 0 Å². The van der Waals surface area contributed by atoms with Gasteiger partial charge in [0.05, 0.1) is 6.61 Å². The summed E-state index contributed by atoms with van der Waals surface area (Å²) in [5.74, 6) is 0.257. The topological polar surface area (TPSA) is 36.9 Å². The summed E-state index contributed by atoms with van der Waals surface area (Å²) in [6.07, 6.45) is 1.79. The van der Waals surface area contributed by atoms with Gasteiger partial charge in [-0.05, 0) is 31.9 Å². The second kappa shape index (κ2) is 7.47. The molecule has 2 aliphatic rings. The summed E-state index contributed by atoms with van der Waals surface area (Å²) in [5, 5.41) is 3.37. The predicted octanol–water partition coefficient (Wildman–Crippen LogP) is 2.75. The average Bonchev–Trinajstić information content (AvgIpc) is 3.08. The van der Waals surface area contributed by atoms with Gasteiger partial charge in [0.15, 0.2) is 5.96 Å². The second-order valence-corrected chi connectivity index (χ2v) is 6.64. The van der Waals surface area contributed by atoms with Crippen molar-refractivity contribution in [2.45, 2.75) is 31.7 Å². The number of hydrogen-bond donors (Lipinski definition) is 1. The Morgan fingerprint density at radius 3 is 2.75 bits per heavy atom. The van der Waals surface area contributed by atoms with Gasteiger partial charge in [-0.1, -0.05) is 6.07 Å². The molecule has 3 rings (SSSR count). The Kier molecular flexibility index (Phi) is 5.33. The Morgan fingerprint density at radius 1 is 1.38 bits per heavy atom. The minimum atomic E-state index is -0.463. The van der Waals surface area contributed by atoms with Crippen molar-refractivity contribution in [1.29, 1.82) is 0 Å². The average molecular weight is 337 g/mol. The number of halogens is 2. The molecule has 1 saturated heterocycles. The molecule has 1 aliphatic heterocycles. The summed E-state index contributed by atoms with van der Waals surface area (Å²) in [4.78, 5) is 6.62. The van der Waals surface area contributed by atoms with Gasteiger partial charge >= 0.3 is 0 Å². The van der Waals surface area contributed by atoms with Crippen LogP contribution in [0, 0.1) is 17.6 Å². The van der Waals surface area contributed by atoms with Crippen LogP contribution in [0.2, 0.25) is 0 Å². The first-order valence-electron chi connectivity index (χ1n) is 8.64. The molecule has 0 amide bonds. The molecule has 1 saturated carbocycles. The molecule has 4 nitrogen and oxygen atoms in total. The van der Waals surface area contributed by atoms with Gasteiger partial charge in [-0.2, -0.15) is 0 Å². The van der Waals surface area contributed by atoms with Gasteiger partial charge in [-0.15, -0.1) is 0 Å². The molecule has 1 heterocycles. The van der Waals surface area contributed by atoms with Crippen LogP contribution in [0.5, 0.6) is 0 Å². The van der Waals surface area contributed by atoms with E-state index in [0.29, 0.717) is 12.5 Å². The van der Waals surface area contributed by atoms with Crippen LogP contribution in [-0.4, -0.2) is 50.3 Å². The number of benzene rings is 1. The first kappa shape index (κ1) is 17.1. The number of aliphatic imine (C=N–C) groups is 1. The minimum Gasteiger partial charge on any atom is -0.381 e. The Balaban J connectivity index is 1.62. The van der Waals surface area contributed by atoms with Gasteiger partial charge in [-0.25, -0.2) is 8.78 Å². The molecule has 1 N–H and O–H groups in total. The first-order chi connectivity index (χ1) is 11.6. The maximum atomic E-state index is 13.9. The minimum absolute atomic E-state index is 0.0315. The largest absolute Gasteiger partial charge is 0.381 e. The van der Waals surface area contributed by atoms with E-state index in [-0.39, 0.29) is 17.5 Å². The molecule has 0 spiro atoms. The molecular formula is C18H25F2N3O. The van der Waals surface area contributed by atoms with Crippen LogP contribution in [0.25, 0.3) is 0 Å². The van der Waals surface area contributed by atoms with Crippen LogP contribution in [0.4, 0.5) is 8.78 Å². The van der Waals surface area contributed by atoms with Crippen LogP contribution < -0.4 is 5.32 Å². The van der Waals surface area contributed by atoms with Crippen LogP contribution in [0.15, 0.2) is 23.2 Å². The highest BCUT2D eigenvalue weighted by Gasteiger charge is 2.42. The van der Waals surface area contributed by atoms with Crippen molar-refractivity contribution >= 4 is 5.96 Å². The molecule has 1 aromatic rings. The van der Waals surface area contributed by atoms with E-state index in [9.17, 15) is 8.78 Å². The van der Waals surface area contributed by atoms with Gasteiger partial charge < -0.3 is 15.0 Å². The van der Waals surface area contributed by atoms with Crippen LogP contribution in [0.1, 0.15) is 31.2 Å². The second-order valence-electron chi connectivity index (χ2n) is 6.64. The molecule has 24 heavy (non-hydrogen) atoms. The fourth-order valence-corrected chi connectivity index (χ4v) is 3.33. The fourth-order valence-electron chi connectivity index (χ4n) is 3.33. The highest BCUT2D eigenvalue weighted by Crippen LogP contribution is 2.43. The zero-order valence-corrected chi connectivity index (χ0v) is 14.3. The summed E-state index contributed by atoms with van der Waals surface area (Å²) in [7, 11) is 2.00. The van der Waals surface area contributed by atoms with Gasteiger partial charge in [0, 0.05) is 50.2 Å². The molecule has 2 fully saturated rings. The maximum absolute atomic E-state index is 13.9. The third kappa shape index (κ3) is 3.86. The standard InChI is InChI=1S/C18H25F2N3O/c1-3-21-18(23(2)10-12-7-8-24-11-12)22-16-9-13(16)17-14(19)5-4-6-15(17)20/h4-6,12-13,16H,3,7-11H2,1-2H3,(H,21,22). The molecule has 0 bridgehead atoms. The van der Waals surface area contributed by atoms with Crippen molar-refractivity contribution < 1.29 is 13.5 Å². The molecule has 1 aliphatic carbocycles. The van der Waals surface area contributed by atoms with Crippen LogP contribution in [-0.2, 0) is 4.74 Å². The molecule has 3 unspecified atom stereocenters. The summed E-state index contributed by atoms with van der Waals surface area (Å²) in [6.45, 7) is 5.13. The van der Waals surface area contributed by atoms with E-state index in [0.717, 1.165) is 38.6 Å². The maximum Gasteiger partial charge on any atom is 0.193 e. The summed E-state index contributed by atoms with van der Waals surface area (Å²) >= 11 is 0. The fraction of sp³-hybridized carbons (Fsp3) is 0.611. The number of guanidine groups is 1. The van der Waals surface area contributed by atoms with E-state index < -0.39 is 11.6 Å². The van der Waals surface area contributed by atoms with Gasteiger partial charge in [0.25, 0.3) is 0 Å². The predicted molar refractivity (Wildman–Crippen MR) is 90.2 cm³/mol. The van der Waals surface area contributed by atoms with Crippen molar-refractivity contribution in [3.05, 3.63) is 35.4 Å². The third-order valence-electron chi connectivity index (χ3n) is 4.70. The van der Waals surface area contributed by atoms with Crippen LogP contribution in [0.3, 0.4) is 0 Å². The summed E-state index contributed by atoms with van der Waals surface area (Å²) in [5.41, 5.74) is 0.192. The van der Waals surface area contributed by atoms with E-state index in [2.05, 4.69) is 15.2 Å². The van der Waals surface area contributed by atoms with E-state index in [1.807, 2.05) is 14.0 Å². The zero-order valence-electron chi connectivity index (χ0n) is 14.3. The van der Waals surface area contributed by atoms with Crippen LogP contribution >= 0.6 is 0 Å². The smallest absolute Gasteiger partial charge is 0.193 e. The number of nitrogens with one attached hydrogen (secondary N) is 1. The number of hydrogen-bond acceptors (Lipinski definition) is 2. The summed E-state index contributed by atoms with van der Waals surface area (Å²) < 4.78 is 33.2. The Labute approximate surface area is 141 Å². The van der Waals surface area contributed by atoms with E-state index in [1.54, 1.807) is 0 Å². The zero-order chi connectivity index (χ0) is 17.1. The molecule has 0 aromatic heterocycles. The van der Waals surface area contributed by atoms with Crippen molar-refractivity contribution in [2.75, 3.05) is 33.4 Å². The lowest BCUT2D eigenvalue weighted by Crippen LogP contribution is -2.43. The van der Waals surface area contributed by atoms with E-state index >= 15 is 0 Å². The number of nitrogens with zero attached hydrogens (tertiary/aromatic N) is 2. The quantitative estimate of drug-likeness (QED) is 0.663. The Morgan fingerprint density at radius 2 is 2.12 bits per heavy atom. The molecule has 0 radical (unpaired) electrons. The SMILES string of the molecule is CCN=C(NC1CC1c1c(F)cccc1F)N(C)CC1CCOC1. The number of rotatable bonds is 5. The van der Waals surface area contributed by atoms with E-state index in [4.69, 9.17) is 4.74 Å². The van der Waals surface area contributed by atoms with Crippen molar-refractivity contribution in [3.8, 4) is 0 Å². The van der Waals surface area contributed by atoms with Gasteiger partial charge in [-0.3, -0.25) is 4.99 Å². The lowest BCUT2D eigenvalue weighted by molar-refractivity contribution is 0.181. The molecule has 1 aromatic carbocycles. The van der Waals surface area contributed by atoms with Crippen molar-refractivity contribution in [1.82, 2.24) is 10.2 Å². The lowest BCUT2D eigenvalue weighted by atomic mass is 10.1. The highest BCUT2D eigenvalue weighted by atomic mass is 19.1. The van der Waals surface area contributed by atoms with E-state index in [1.165, 1.54) is 18.2 Å². The monoisotopic (exact) mass is 337 g/mol. The van der Waals surface area contributed by atoms with Crippen molar-refractivity contribution in [2.24, 2.45) is 10.9 Å². The molecule has 3 atom stereocenters.